The molecule has 1 aromatic heterocycles. The number of hydrazine groups is 1. The van der Waals surface area contributed by atoms with Crippen LogP contribution in [0.15, 0.2) is 28.7 Å². The number of nitrogen functional groups attached to an aromatic ring is 1. The normalized spacial score (nSPS) is 17.2. The highest BCUT2D eigenvalue weighted by Crippen LogP contribution is 2.28. The molecule has 1 aromatic carbocycles. The van der Waals surface area contributed by atoms with E-state index in [0.29, 0.717) is 17.9 Å². The van der Waals surface area contributed by atoms with Gasteiger partial charge in [-0.2, -0.15) is 0 Å². The first-order chi connectivity index (χ1) is 10.2. The average molecular weight is 287 g/mol. The topological polar surface area (TPSA) is 71.5 Å². The molecule has 2 heterocycles. The second-order valence-electron chi connectivity index (χ2n) is 5.83. The van der Waals surface area contributed by atoms with Crippen LogP contribution >= 0.6 is 0 Å². The van der Waals surface area contributed by atoms with Gasteiger partial charge in [0.05, 0.1) is 12.1 Å². The second kappa shape index (κ2) is 5.87. The minimum absolute atomic E-state index is 0.291. The van der Waals surface area contributed by atoms with E-state index in [9.17, 15) is 4.79 Å². The van der Waals surface area contributed by atoms with E-state index in [1.807, 2.05) is 24.3 Å². The Morgan fingerprint density at radius 1 is 1.38 bits per heavy atom. The second-order valence-corrected chi connectivity index (χ2v) is 5.83. The van der Waals surface area contributed by atoms with Gasteiger partial charge in [0.15, 0.2) is 0 Å². The van der Waals surface area contributed by atoms with E-state index >= 15 is 0 Å². The Hall–Kier alpha value is -1.85. The van der Waals surface area contributed by atoms with Crippen molar-refractivity contribution in [1.82, 2.24) is 10.3 Å². The summed E-state index contributed by atoms with van der Waals surface area (Å²) in [5.74, 6) is 6.51. The Labute approximate surface area is 124 Å². The van der Waals surface area contributed by atoms with Crippen LogP contribution < -0.4 is 11.3 Å². The van der Waals surface area contributed by atoms with Gasteiger partial charge in [0.25, 0.3) is 5.91 Å². The molecule has 0 aliphatic carbocycles. The maximum atomic E-state index is 12.1. The number of likely N-dealkylation sites (tertiary alicyclic amines) is 1. The maximum Gasteiger partial charge on any atom is 0.269 e. The summed E-state index contributed by atoms with van der Waals surface area (Å²) >= 11 is 0. The molecule has 1 saturated heterocycles. The number of fused-ring (bicyclic) bond motifs is 1. The fourth-order valence-electron chi connectivity index (χ4n) is 2.95. The first-order valence-electron chi connectivity index (χ1n) is 7.42. The highest BCUT2D eigenvalue weighted by molar-refractivity contribution is 6.07. The van der Waals surface area contributed by atoms with Gasteiger partial charge in [-0.1, -0.05) is 25.1 Å². The number of piperidine rings is 1. The van der Waals surface area contributed by atoms with Crippen molar-refractivity contribution >= 4 is 16.9 Å². The van der Waals surface area contributed by atoms with Crippen LogP contribution in [0.5, 0.6) is 0 Å². The van der Waals surface area contributed by atoms with E-state index in [1.165, 1.54) is 12.8 Å². The molecule has 3 rings (SSSR count). The molecule has 0 bridgehead atoms. The predicted octanol–water partition coefficient (Wildman–Crippen LogP) is 2.27. The smallest absolute Gasteiger partial charge is 0.269 e. The van der Waals surface area contributed by atoms with E-state index < -0.39 is 0 Å². The lowest BCUT2D eigenvalue weighted by Gasteiger charge is -2.29. The number of amides is 1. The summed E-state index contributed by atoms with van der Waals surface area (Å²) in [5.41, 5.74) is 3.52. The van der Waals surface area contributed by atoms with Gasteiger partial charge in [-0.05, 0) is 37.9 Å². The number of nitrogens with two attached hydrogens (primary N) is 1. The molecular weight excluding hydrogens is 266 g/mol. The molecule has 0 radical (unpaired) electrons. The Kier molecular flexibility index (Phi) is 3.94. The first kappa shape index (κ1) is 14.1. The summed E-state index contributed by atoms with van der Waals surface area (Å²) in [4.78, 5) is 14.4. The molecule has 0 saturated carbocycles. The van der Waals surface area contributed by atoms with Gasteiger partial charge in [-0.25, -0.2) is 5.84 Å². The number of hydrogen-bond donors (Lipinski definition) is 2. The lowest BCUT2D eigenvalue weighted by molar-refractivity contribution is 0.0950. The Bertz CT molecular complexity index is 642. The van der Waals surface area contributed by atoms with Gasteiger partial charge < -0.3 is 4.42 Å². The minimum atomic E-state index is -0.291. The summed E-state index contributed by atoms with van der Waals surface area (Å²) in [6.45, 7) is 5.03. The third-order valence-corrected chi connectivity index (χ3v) is 4.27. The largest absolute Gasteiger partial charge is 0.459 e. The zero-order valence-electron chi connectivity index (χ0n) is 12.3. The van der Waals surface area contributed by atoms with Crippen LogP contribution in [-0.2, 0) is 6.54 Å². The molecule has 2 aromatic rings. The highest BCUT2D eigenvalue weighted by Gasteiger charge is 2.23. The van der Waals surface area contributed by atoms with Gasteiger partial charge in [-0.3, -0.25) is 15.1 Å². The van der Waals surface area contributed by atoms with Crippen molar-refractivity contribution in [2.75, 3.05) is 13.1 Å². The first-order valence-corrected chi connectivity index (χ1v) is 7.42. The average Bonchev–Trinajstić information content (AvgIpc) is 2.86. The number of benzene rings is 1. The summed E-state index contributed by atoms with van der Waals surface area (Å²) in [6, 6.07) is 7.58. The van der Waals surface area contributed by atoms with Crippen molar-refractivity contribution in [3.63, 3.8) is 0 Å². The summed E-state index contributed by atoms with van der Waals surface area (Å²) in [5, 5.41) is 0.820. The predicted molar refractivity (Wildman–Crippen MR) is 81.5 cm³/mol. The monoisotopic (exact) mass is 287 g/mol. The molecule has 0 spiro atoms. The van der Waals surface area contributed by atoms with Crippen LogP contribution in [0, 0.1) is 5.92 Å². The lowest BCUT2D eigenvalue weighted by Crippen LogP contribution is -2.34. The Morgan fingerprint density at radius 3 is 2.81 bits per heavy atom. The summed E-state index contributed by atoms with van der Waals surface area (Å²) in [6.07, 6.45) is 2.39. The van der Waals surface area contributed by atoms with Crippen LogP contribution in [0.2, 0.25) is 0 Å². The fraction of sp³-hybridized carbons (Fsp3) is 0.438. The van der Waals surface area contributed by atoms with Crippen LogP contribution in [-0.4, -0.2) is 23.9 Å². The van der Waals surface area contributed by atoms with Gasteiger partial charge in [0.2, 0.25) is 0 Å². The number of carbonyl (C=O) groups is 1. The SMILES string of the molecule is CC1CCN(Cc2oc3ccccc3c2C(=O)NN)CC1. The Balaban J connectivity index is 1.92. The summed E-state index contributed by atoms with van der Waals surface area (Å²) < 4.78 is 5.89. The van der Waals surface area contributed by atoms with Crippen LogP contribution in [0.1, 0.15) is 35.9 Å². The number of nitrogens with one attached hydrogen (secondary N) is 1. The molecule has 5 nitrogen and oxygen atoms in total. The third-order valence-electron chi connectivity index (χ3n) is 4.27. The van der Waals surface area contributed by atoms with Crippen molar-refractivity contribution in [3.05, 3.63) is 35.6 Å². The van der Waals surface area contributed by atoms with E-state index in [1.54, 1.807) is 0 Å². The fourth-order valence-corrected chi connectivity index (χ4v) is 2.95. The quantitative estimate of drug-likeness (QED) is 0.516. The molecule has 3 N–H and O–H groups in total. The molecule has 21 heavy (non-hydrogen) atoms. The molecule has 0 atom stereocenters. The van der Waals surface area contributed by atoms with Gasteiger partial charge >= 0.3 is 0 Å². The lowest BCUT2D eigenvalue weighted by atomic mass is 9.99. The van der Waals surface area contributed by atoms with Gasteiger partial charge in [-0.15, -0.1) is 0 Å². The van der Waals surface area contributed by atoms with Crippen molar-refractivity contribution in [2.45, 2.75) is 26.3 Å². The van der Waals surface area contributed by atoms with E-state index in [-0.39, 0.29) is 5.91 Å². The Morgan fingerprint density at radius 2 is 2.10 bits per heavy atom. The van der Waals surface area contributed by atoms with Crippen molar-refractivity contribution < 1.29 is 9.21 Å². The van der Waals surface area contributed by atoms with Gasteiger partial charge in [0, 0.05) is 5.39 Å². The molecule has 1 aliphatic heterocycles. The number of nitrogens with zero attached hydrogens (tertiary/aromatic N) is 1. The molecule has 0 unspecified atom stereocenters. The van der Waals surface area contributed by atoms with Crippen molar-refractivity contribution in [1.29, 1.82) is 0 Å². The number of para-hydroxylation sites is 1. The zero-order valence-corrected chi connectivity index (χ0v) is 12.3. The standard InChI is InChI=1S/C16H21N3O2/c1-11-6-8-19(9-7-11)10-14-15(16(20)18-17)12-4-2-3-5-13(12)21-14/h2-5,11H,6-10,17H2,1H3,(H,18,20). The van der Waals surface area contributed by atoms with E-state index in [2.05, 4.69) is 17.2 Å². The number of hydrogen-bond acceptors (Lipinski definition) is 4. The van der Waals surface area contributed by atoms with Gasteiger partial charge in [0.1, 0.15) is 11.3 Å². The summed E-state index contributed by atoms with van der Waals surface area (Å²) in [7, 11) is 0. The number of furan rings is 1. The maximum absolute atomic E-state index is 12.1. The molecule has 112 valence electrons. The number of carbonyl (C=O) groups excluding carboxylic acids is 1. The molecule has 1 amide bonds. The molecule has 5 heteroatoms. The van der Waals surface area contributed by atoms with Crippen molar-refractivity contribution in [2.24, 2.45) is 11.8 Å². The van der Waals surface area contributed by atoms with Crippen LogP contribution in [0.4, 0.5) is 0 Å². The zero-order chi connectivity index (χ0) is 14.8. The van der Waals surface area contributed by atoms with Crippen LogP contribution in [0.3, 0.4) is 0 Å². The third kappa shape index (κ3) is 2.80. The molecular formula is C16H21N3O2. The van der Waals surface area contributed by atoms with E-state index in [0.717, 1.165) is 30.0 Å². The van der Waals surface area contributed by atoms with E-state index in [4.69, 9.17) is 10.3 Å². The number of rotatable bonds is 3. The van der Waals surface area contributed by atoms with Crippen molar-refractivity contribution in [3.8, 4) is 0 Å². The van der Waals surface area contributed by atoms with Crippen LogP contribution in [0.25, 0.3) is 11.0 Å². The molecule has 1 aliphatic rings. The highest BCUT2D eigenvalue weighted by atomic mass is 16.3. The minimum Gasteiger partial charge on any atom is -0.459 e. The molecule has 1 fully saturated rings.